The number of aromatic nitrogens is 2. The van der Waals surface area contributed by atoms with E-state index in [1.807, 2.05) is 13.0 Å². The second kappa shape index (κ2) is 7.08. The smallest absolute Gasteiger partial charge is 0.327 e. The standard InChI is InChI=1S/C12H17N3O3S/c1-4-9-5-11(14-7(2)13-9)19-6-10(12(17)18)15-8(3)16/h5,10H,4,6H2,1-3H3,(H,15,16)(H,17,18)/t10-/m0/s1. The van der Waals surface area contributed by atoms with Gasteiger partial charge in [0.15, 0.2) is 0 Å². The molecule has 0 bridgehead atoms. The third-order valence-corrected chi connectivity index (χ3v) is 3.31. The number of aryl methyl sites for hydroxylation is 2. The van der Waals surface area contributed by atoms with Crippen LogP contribution in [0.1, 0.15) is 25.4 Å². The first kappa shape index (κ1) is 15.4. The molecule has 1 aromatic rings. The highest BCUT2D eigenvalue weighted by Crippen LogP contribution is 2.17. The largest absolute Gasteiger partial charge is 0.480 e. The van der Waals surface area contributed by atoms with Gasteiger partial charge in [0.2, 0.25) is 5.91 Å². The Bertz CT molecular complexity index is 479. The Morgan fingerprint density at radius 3 is 2.68 bits per heavy atom. The lowest BCUT2D eigenvalue weighted by molar-refractivity contribution is -0.140. The molecule has 7 heteroatoms. The van der Waals surface area contributed by atoms with Crippen molar-refractivity contribution in [2.24, 2.45) is 0 Å². The fourth-order valence-electron chi connectivity index (χ4n) is 1.44. The highest BCUT2D eigenvalue weighted by atomic mass is 32.2. The van der Waals surface area contributed by atoms with Crippen molar-refractivity contribution in [3.05, 3.63) is 17.6 Å². The van der Waals surface area contributed by atoms with Crippen LogP contribution in [-0.2, 0) is 16.0 Å². The fourth-order valence-corrected chi connectivity index (χ4v) is 2.42. The molecule has 1 aromatic heterocycles. The van der Waals surface area contributed by atoms with Gasteiger partial charge in [-0.05, 0) is 19.4 Å². The number of nitrogens with one attached hydrogen (secondary N) is 1. The molecular weight excluding hydrogens is 266 g/mol. The molecule has 104 valence electrons. The minimum Gasteiger partial charge on any atom is -0.480 e. The second-order valence-electron chi connectivity index (χ2n) is 4.00. The summed E-state index contributed by atoms with van der Waals surface area (Å²) in [6, 6.07) is 0.924. The summed E-state index contributed by atoms with van der Waals surface area (Å²) in [5.41, 5.74) is 0.918. The third-order valence-electron chi connectivity index (χ3n) is 2.30. The van der Waals surface area contributed by atoms with Crippen molar-refractivity contribution < 1.29 is 14.7 Å². The highest BCUT2D eigenvalue weighted by Gasteiger charge is 2.18. The van der Waals surface area contributed by atoms with Crippen molar-refractivity contribution in [1.82, 2.24) is 15.3 Å². The van der Waals surface area contributed by atoms with Gasteiger partial charge in [-0.25, -0.2) is 14.8 Å². The van der Waals surface area contributed by atoms with Crippen molar-refractivity contribution in [2.75, 3.05) is 5.75 Å². The van der Waals surface area contributed by atoms with Gasteiger partial charge in [0.1, 0.15) is 16.9 Å². The number of nitrogens with zero attached hydrogens (tertiary/aromatic N) is 2. The van der Waals surface area contributed by atoms with Gasteiger partial charge in [0.05, 0.1) is 0 Å². The Morgan fingerprint density at radius 2 is 2.16 bits per heavy atom. The van der Waals surface area contributed by atoms with Crippen LogP contribution in [-0.4, -0.2) is 38.7 Å². The van der Waals surface area contributed by atoms with Gasteiger partial charge in [0.25, 0.3) is 0 Å². The Kier molecular flexibility index (Phi) is 5.75. The Morgan fingerprint density at radius 1 is 1.47 bits per heavy atom. The molecule has 1 atom stereocenters. The molecule has 0 saturated carbocycles. The number of carbonyl (C=O) groups excluding carboxylic acids is 1. The Balaban J connectivity index is 2.71. The number of rotatable bonds is 6. The lowest BCUT2D eigenvalue weighted by atomic mass is 10.3. The van der Waals surface area contributed by atoms with Crippen molar-refractivity contribution >= 4 is 23.6 Å². The molecular formula is C12H17N3O3S. The number of carboxylic acid groups (broad SMARTS) is 1. The first-order chi connectivity index (χ1) is 8.92. The molecule has 1 rings (SSSR count). The van der Waals surface area contributed by atoms with E-state index in [1.165, 1.54) is 18.7 Å². The number of hydrogen-bond acceptors (Lipinski definition) is 5. The molecule has 19 heavy (non-hydrogen) atoms. The average molecular weight is 283 g/mol. The van der Waals surface area contributed by atoms with Crippen molar-refractivity contribution in [3.63, 3.8) is 0 Å². The maximum atomic E-state index is 11.0. The number of carboxylic acids is 1. The number of thioether (sulfide) groups is 1. The minimum absolute atomic E-state index is 0.231. The summed E-state index contributed by atoms with van der Waals surface area (Å²) in [6.45, 7) is 5.09. The van der Waals surface area contributed by atoms with Gasteiger partial charge in [-0.3, -0.25) is 4.79 Å². The lowest BCUT2D eigenvalue weighted by Crippen LogP contribution is -2.41. The highest BCUT2D eigenvalue weighted by molar-refractivity contribution is 7.99. The van der Waals surface area contributed by atoms with E-state index in [2.05, 4.69) is 15.3 Å². The molecule has 0 aliphatic heterocycles. The topological polar surface area (TPSA) is 92.2 Å². The SMILES string of the molecule is CCc1cc(SC[C@H](NC(C)=O)C(=O)O)nc(C)n1. The van der Waals surface area contributed by atoms with Crippen LogP contribution in [0.3, 0.4) is 0 Å². The fraction of sp³-hybridized carbons (Fsp3) is 0.500. The average Bonchev–Trinajstić information content (AvgIpc) is 2.33. The third kappa shape index (κ3) is 5.25. The summed E-state index contributed by atoms with van der Waals surface area (Å²) in [5.74, 6) is -0.521. The molecule has 2 N–H and O–H groups in total. The van der Waals surface area contributed by atoms with Gasteiger partial charge in [-0.1, -0.05) is 6.92 Å². The maximum absolute atomic E-state index is 11.0. The molecule has 0 aliphatic carbocycles. The molecule has 6 nitrogen and oxygen atoms in total. The summed E-state index contributed by atoms with van der Waals surface area (Å²) in [5, 5.41) is 12.1. The van der Waals surface area contributed by atoms with Crippen LogP contribution in [0.2, 0.25) is 0 Å². The first-order valence-corrected chi connectivity index (χ1v) is 6.88. The normalized spacial score (nSPS) is 11.9. The van der Waals surface area contributed by atoms with Crippen LogP contribution < -0.4 is 5.32 Å². The van der Waals surface area contributed by atoms with E-state index in [9.17, 15) is 9.59 Å². The van der Waals surface area contributed by atoms with Crippen LogP contribution in [0, 0.1) is 6.92 Å². The number of aliphatic carboxylic acids is 1. The molecule has 0 saturated heterocycles. The summed E-state index contributed by atoms with van der Waals surface area (Å²) in [7, 11) is 0. The van der Waals surface area contributed by atoms with E-state index in [0.717, 1.165) is 17.1 Å². The predicted molar refractivity (Wildman–Crippen MR) is 72.1 cm³/mol. The van der Waals surface area contributed by atoms with E-state index in [4.69, 9.17) is 5.11 Å². The summed E-state index contributed by atoms with van der Waals surface area (Å²) >= 11 is 1.30. The van der Waals surface area contributed by atoms with Crippen LogP contribution in [0.25, 0.3) is 0 Å². The number of carbonyl (C=O) groups is 2. The van der Waals surface area contributed by atoms with Gasteiger partial charge >= 0.3 is 5.97 Å². The van der Waals surface area contributed by atoms with Gasteiger partial charge in [-0.15, -0.1) is 11.8 Å². The van der Waals surface area contributed by atoms with E-state index in [0.29, 0.717) is 5.82 Å². The molecule has 1 amide bonds. The van der Waals surface area contributed by atoms with Crippen LogP contribution >= 0.6 is 11.8 Å². The van der Waals surface area contributed by atoms with E-state index in [-0.39, 0.29) is 11.7 Å². The molecule has 0 spiro atoms. The molecule has 0 fully saturated rings. The van der Waals surface area contributed by atoms with Crippen molar-refractivity contribution in [1.29, 1.82) is 0 Å². The van der Waals surface area contributed by atoms with Crippen molar-refractivity contribution in [3.8, 4) is 0 Å². The minimum atomic E-state index is -1.05. The second-order valence-corrected chi connectivity index (χ2v) is 5.04. The lowest BCUT2D eigenvalue weighted by Gasteiger charge is -2.12. The van der Waals surface area contributed by atoms with E-state index >= 15 is 0 Å². The number of hydrogen-bond donors (Lipinski definition) is 2. The van der Waals surface area contributed by atoms with E-state index < -0.39 is 12.0 Å². The van der Waals surface area contributed by atoms with E-state index in [1.54, 1.807) is 6.92 Å². The van der Waals surface area contributed by atoms with Crippen LogP contribution in [0.5, 0.6) is 0 Å². The zero-order chi connectivity index (χ0) is 14.4. The first-order valence-electron chi connectivity index (χ1n) is 5.89. The number of amides is 1. The summed E-state index contributed by atoms with van der Waals surface area (Å²) in [6.07, 6.45) is 0.797. The maximum Gasteiger partial charge on any atom is 0.327 e. The monoisotopic (exact) mass is 283 g/mol. The molecule has 0 aliphatic rings. The summed E-state index contributed by atoms with van der Waals surface area (Å²) < 4.78 is 0. The summed E-state index contributed by atoms with van der Waals surface area (Å²) in [4.78, 5) is 30.4. The molecule has 0 radical (unpaired) electrons. The molecule has 0 aromatic carbocycles. The predicted octanol–water partition coefficient (Wildman–Crippen LogP) is 1.03. The zero-order valence-electron chi connectivity index (χ0n) is 11.1. The van der Waals surface area contributed by atoms with Gasteiger partial charge in [0, 0.05) is 18.4 Å². The molecule has 1 heterocycles. The molecule has 0 unspecified atom stereocenters. The quantitative estimate of drug-likeness (QED) is 0.598. The van der Waals surface area contributed by atoms with Gasteiger partial charge in [-0.2, -0.15) is 0 Å². The Hall–Kier alpha value is -1.63. The van der Waals surface area contributed by atoms with Crippen LogP contribution in [0.15, 0.2) is 11.1 Å². The van der Waals surface area contributed by atoms with Gasteiger partial charge < -0.3 is 10.4 Å². The van der Waals surface area contributed by atoms with Crippen LogP contribution in [0.4, 0.5) is 0 Å². The Labute approximate surface area is 116 Å². The van der Waals surface area contributed by atoms with Crippen molar-refractivity contribution in [2.45, 2.75) is 38.3 Å². The zero-order valence-corrected chi connectivity index (χ0v) is 12.0.